The molecule has 0 spiro atoms. The number of furan rings is 1. The van der Waals surface area contributed by atoms with Crippen LogP contribution in [-0.2, 0) is 6.18 Å². The molecule has 114 valence electrons. The quantitative estimate of drug-likeness (QED) is 0.665. The van der Waals surface area contributed by atoms with Crippen molar-refractivity contribution < 1.29 is 17.6 Å². The van der Waals surface area contributed by atoms with Crippen molar-refractivity contribution >= 4 is 23.2 Å². The minimum absolute atomic E-state index is 0.0213. The van der Waals surface area contributed by atoms with E-state index in [2.05, 4.69) is 10.1 Å². The molecule has 3 rings (SSSR count). The lowest BCUT2D eigenvalue weighted by Gasteiger charge is -2.07. The lowest BCUT2D eigenvalue weighted by molar-refractivity contribution is -0.141. The molecule has 3 heterocycles. The van der Waals surface area contributed by atoms with Crippen LogP contribution in [0.15, 0.2) is 41.1 Å². The van der Waals surface area contributed by atoms with Gasteiger partial charge in [-0.15, -0.1) is 0 Å². The molecular formula is C13H6Cl2F3N3O. The fraction of sp³-hybridized carbons (Fsp3) is 0.0769. The largest absolute Gasteiger partial charge is 0.463 e. The maximum Gasteiger partial charge on any atom is 0.435 e. The van der Waals surface area contributed by atoms with Crippen LogP contribution in [0.4, 0.5) is 13.2 Å². The molecule has 0 radical (unpaired) electrons. The molecule has 0 aromatic carbocycles. The molecule has 0 saturated heterocycles. The van der Waals surface area contributed by atoms with E-state index in [9.17, 15) is 13.2 Å². The Bertz CT molecular complexity index is 813. The van der Waals surface area contributed by atoms with E-state index in [4.69, 9.17) is 27.6 Å². The van der Waals surface area contributed by atoms with Crippen LogP contribution >= 0.6 is 23.2 Å². The van der Waals surface area contributed by atoms with Crippen molar-refractivity contribution in [3.05, 3.63) is 52.5 Å². The lowest BCUT2D eigenvalue weighted by atomic mass is 10.3. The lowest BCUT2D eigenvalue weighted by Crippen LogP contribution is -2.08. The smallest absolute Gasteiger partial charge is 0.435 e. The first-order valence-electron chi connectivity index (χ1n) is 5.89. The van der Waals surface area contributed by atoms with Crippen molar-refractivity contribution in [2.45, 2.75) is 6.18 Å². The molecular weight excluding hydrogens is 342 g/mol. The third kappa shape index (κ3) is 2.69. The van der Waals surface area contributed by atoms with Crippen LogP contribution in [0.3, 0.4) is 0 Å². The molecule has 0 aliphatic carbocycles. The third-order valence-corrected chi connectivity index (χ3v) is 3.25. The minimum atomic E-state index is -4.61. The summed E-state index contributed by atoms with van der Waals surface area (Å²) in [6.07, 6.45) is -1.99. The molecule has 0 aliphatic heterocycles. The molecule has 4 nitrogen and oxygen atoms in total. The zero-order valence-corrected chi connectivity index (χ0v) is 12.1. The Morgan fingerprint density at radius 2 is 1.95 bits per heavy atom. The number of aromatic nitrogens is 3. The normalized spacial score (nSPS) is 11.9. The molecule has 0 fully saturated rings. The van der Waals surface area contributed by atoms with Crippen molar-refractivity contribution in [1.82, 2.24) is 14.8 Å². The summed E-state index contributed by atoms with van der Waals surface area (Å²) in [5.74, 6) is 0.226. The van der Waals surface area contributed by atoms with Crippen LogP contribution in [0.5, 0.6) is 0 Å². The van der Waals surface area contributed by atoms with Gasteiger partial charge in [-0.1, -0.05) is 23.2 Å². The van der Waals surface area contributed by atoms with Crippen molar-refractivity contribution in [2.75, 3.05) is 0 Å². The van der Waals surface area contributed by atoms with Gasteiger partial charge < -0.3 is 4.42 Å². The first-order chi connectivity index (χ1) is 10.4. The second-order valence-electron chi connectivity index (χ2n) is 4.26. The Labute approximate surface area is 132 Å². The van der Waals surface area contributed by atoms with E-state index >= 15 is 0 Å². The van der Waals surface area contributed by atoms with E-state index in [0.29, 0.717) is 0 Å². The standard InChI is InChI=1S/C13H6Cl2F3N3O/c14-7-4-8(15)12(19-6-7)21-9(10-2-1-3-22-10)5-11(20-21)13(16,17)18/h1-6H. The predicted molar refractivity (Wildman–Crippen MR) is 74.1 cm³/mol. The van der Waals surface area contributed by atoms with Crippen molar-refractivity contribution in [1.29, 1.82) is 0 Å². The summed E-state index contributed by atoms with van der Waals surface area (Å²) in [7, 11) is 0. The number of hydrogen-bond donors (Lipinski definition) is 0. The van der Waals surface area contributed by atoms with E-state index < -0.39 is 11.9 Å². The van der Waals surface area contributed by atoms with Gasteiger partial charge in [-0.3, -0.25) is 0 Å². The Morgan fingerprint density at radius 1 is 1.18 bits per heavy atom. The second-order valence-corrected chi connectivity index (χ2v) is 5.10. The van der Waals surface area contributed by atoms with Crippen LogP contribution < -0.4 is 0 Å². The van der Waals surface area contributed by atoms with Gasteiger partial charge in [0.15, 0.2) is 17.3 Å². The van der Waals surface area contributed by atoms with E-state index in [1.165, 1.54) is 24.6 Å². The molecule has 22 heavy (non-hydrogen) atoms. The molecule has 9 heteroatoms. The summed E-state index contributed by atoms with van der Waals surface area (Å²) in [6, 6.07) is 5.30. The maximum atomic E-state index is 12.9. The average molecular weight is 348 g/mol. The molecule has 3 aromatic heterocycles. The Morgan fingerprint density at radius 3 is 2.55 bits per heavy atom. The van der Waals surface area contributed by atoms with Gasteiger partial charge in [0.25, 0.3) is 0 Å². The molecule has 0 bridgehead atoms. The number of hydrogen-bond acceptors (Lipinski definition) is 3. The molecule has 0 aliphatic rings. The highest BCUT2D eigenvalue weighted by Gasteiger charge is 2.36. The van der Waals surface area contributed by atoms with Gasteiger partial charge >= 0.3 is 6.18 Å². The molecule has 0 unspecified atom stereocenters. The molecule has 0 atom stereocenters. The van der Waals surface area contributed by atoms with Gasteiger partial charge in [0.05, 0.1) is 16.3 Å². The highest BCUT2D eigenvalue weighted by Crippen LogP contribution is 2.34. The summed E-state index contributed by atoms with van der Waals surface area (Å²) in [6.45, 7) is 0. The predicted octanol–water partition coefficient (Wildman–Crippen LogP) is 4.85. The van der Waals surface area contributed by atoms with E-state index in [1.54, 1.807) is 6.07 Å². The maximum absolute atomic E-state index is 12.9. The van der Waals surface area contributed by atoms with Gasteiger partial charge in [0.1, 0.15) is 5.69 Å². The average Bonchev–Trinajstić information content (AvgIpc) is 3.06. The highest BCUT2D eigenvalue weighted by atomic mass is 35.5. The van der Waals surface area contributed by atoms with E-state index in [0.717, 1.165) is 10.7 Å². The number of alkyl halides is 3. The van der Waals surface area contributed by atoms with E-state index in [1.807, 2.05) is 0 Å². The first-order valence-corrected chi connectivity index (χ1v) is 6.64. The summed E-state index contributed by atoms with van der Waals surface area (Å²) in [4.78, 5) is 3.94. The van der Waals surface area contributed by atoms with Gasteiger partial charge in [-0.2, -0.15) is 18.3 Å². The monoisotopic (exact) mass is 347 g/mol. The summed E-state index contributed by atoms with van der Waals surface area (Å²) < 4.78 is 44.9. The zero-order valence-electron chi connectivity index (χ0n) is 10.6. The topological polar surface area (TPSA) is 43.9 Å². The van der Waals surface area contributed by atoms with Crippen LogP contribution in [0.25, 0.3) is 17.3 Å². The summed E-state index contributed by atoms with van der Waals surface area (Å²) in [5.41, 5.74) is -0.999. The number of rotatable bonds is 2. The SMILES string of the molecule is FC(F)(F)c1cc(-c2ccco2)n(-c2ncc(Cl)cc2Cl)n1. The van der Waals surface area contributed by atoms with Crippen LogP contribution in [-0.4, -0.2) is 14.8 Å². The van der Waals surface area contributed by atoms with Crippen LogP contribution in [0, 0.1) is 0 Å². The van der Waals surface area contributed by atoms with Crippen LogP contribution in [0.1, 0.15) is 5.69 Å². The van der Waals surface area contributed by atoms with Gasteiger partial charge in [-0.25, -0.2) is 9.67 Å². The van der Waals surface area contributed by atoms with E-state index in [-0.39, 0.29) is 27.3 Å². The van der Waals surface area contributed by atoms with Crippen LogP contribution in [0.2, 0.25) is 10.0 Å². The summed E-state index contributed by atoms with van der Waals surface area (Å²) >= 11 is 11.7. The Balaban J connectivity index is 2.23. The fourth-order valence-electron chi connectivity index (χ4n) is 1.84. The Hall–Kier alpha value is -1.99. The third-order valence-electron chi connectivity index (χ3n) is 2.76. The zero-order chi connectivity index (χ0) is 15.9. The number of halogens is 5. The molecule has 0 saturated carbocycles. The minimum Gasteiger partial charge on any atom is -0.463 e. The molecule has 3 aromatic rings. The number of nitrogens with zero attached hydrogens (tertiary/aromatic N) is 3. The van der Waals surface area contributed by atoms with Gasteiger partial charge in [0, 0.05) is 12.3 Å². The Kier molecular flexibility index (Phi) is 3.62. The second kappa shape index (κ2) is 5.33. The van der Waals surface area contributed by atoms with Crippen molar-refractivity contribution in [3.8, 4) is 17.3 Å². The van der Waals surface area contributed by atoms with Gasteiger partial charge in [0.2, 0.25) is 0 Å². The molecule has 0 N–H and O–H groups in total. The first kappa shape index (κ1) is 14.9. The molecule has 0 amide bonds. The summed E-state index contributed by atoms with van der Waals surface area (Å²) in [5, 5.41) is 3.87. The highest BCUT2D eigenvalue weighted by molar-refractivity contribution is 6.35. The van der Waals surface area contributed by atoms with Gasteiger partial charge in [-0.05, 0) is 18.2 Å². The fourth-order valence-corrected chi connectivity index (χ4v) is 2.30. The van der Waals surface area contributed by atoms with Crippen molar-refractivity contribution in [2.24, 2.45) is 0 Å². The van der Waals surface area contributed by atoms with Crippen molar-refractivity contribution in [3.63, 3.8) is 0 Å². The number of pyridine rings is 1.